The van der Waals surface area contributed by atoms with Crippen LogP contribution < -0.4 is 0 Å². The van der Waals surface area contributed by atoms with Gasteiger partial charge in [-0.15, -0.1) is 11.3 Å². The standard InChI is InChI=1S/C54H32S/c1-5-13-37-27-41(21-17-33(37)9-1)47-31-49(43-23-19-35-11-3-7-15-39(35)29-43)53-51-45(47)25-26-46-48(42-22-18-34-10-2-6-14-38(34)28-42)32-50(54(55-53)52(46)51)44-24-20-36-12-4-8-16-40(36)30-44/h1-32H. The van der Waals surface area contributed by atoms with E-state index in [0.29, 0.717) is 0 Å². The Bertz CT molecular complexity index is 3260. The van der Waals surface area contributed by atoms with E-state index < -0.39 is 0 Å². The molecule has 0 nitrogen and oxygen atoms in total. The van der Waals surface area contributed by atoms with Crippen molar-refractivity contribution in [3.63, 3.8) is 0 Å². The van der Waals surface area contributed by atoms with Crippen molar-refractivity contribution in [3.8, 4) is 44.5 Å². The molecule has 12 rings (SSSR count). The first-order chi connectivity index (χ1) is 27.2. The lowest BCUT2D eigenvalue weighted by Crippen LogP contribution is -1.90. The Morgan fingerprint density at radius 2 is 0.527 bits per heavy atom. The molecule has 0 spiro atoms. The van der Waals surface area contributed by atoms with Gasteiger partial charge in [-0.25, -0.2) is 0 Å². The van der Waals surface area contributed by atoms with Crippen molar-refractivity contribution in [2.45, 2.75) is 0 Å². The van der Waals surface area contributed by atoms with Gasteiger partial charge in [-0.2, -0.15) is 0 Å². The first-order valence-corrected chi connectivity index (χ1v) is 19.8. The fourth-order valence-corrected chi connectivity index (χ4v) is 10.4. The second kappa shape index (κ2) is 11.9. The summed E-state index contributed by atoms with van der Waals surface area (Å²) in [5.41, 5.74) is 10.1. The summed E-state index contributed by atoms with van der Waals surface area (Å²) in [4.78, 5) is 0. The van der Waals surface area contributed by atoms with Crippen molar-refractivity contribution in [2.75, 3.05) is 0 Å². The molecule has 11 aromatic carbocycles. The lowest BCUT2D eigenvalue weighted by Gasteiger charge is -2.16. The SMILES string of the molecule is c1ccc2cc(-c3cc(-c4ccc5ccccc5c4)c4sc5c(-c6ccc7ccccc7c6)cc(-c6ccc7ccccc7c6)c6ccc3c4c65)ccc2c1. The third-order valence-electron chi connectivity index (χ3n) is 11.8. The van der Waals surface area contributed by atoms with Crippen LogP contribution in [0.2, 0.25) is 0 Å². The zero-order valence-corrected chi connectivity index (χ0v) is 30.7. The van der Waals surface area contributed by atoms with Crippen LogP contribution in [0.1, 0.15) is 0 Å². The topological polar surface area (TPSA) is 0 Å². The van der Waals surface area contributed by atoms with Gasteiger partial charge >= 0.3 is 0 Å². The van der Waals surface area contributed by atoms with Gasteiger partial charge in [0.15, 0.2) is 0 Å². The summed E-state index contributed by atoms with van der Waals surface area (Å²) in [6, 6.07) is 72.4. The first-order valence-electron chi connectivity index (χ1n) is 19.0. The second-order valence-corrected chi connectivity index (χ2v) is 15.9. The van der Waals surface area contributed by atoms with Gasteiger partial charge in [0.25, 0.3) is 0 Å². The van der Waals surface area contributed by atoms with E-state index in [1.165, 1.54) is 119 Å². The number of thiophene rings is 1. The summed E-state index contributed by atoms with van der Waals surface area (Å²) in [7, 11) is 0. The summed E-state index contributed by atoms with van der Waals surface area (Å²) in [6.45, 7) is 0. The summed E-state index contributed by atoms with van der Waals surface area (Å²) in [5, 5.41) is 15.4. The zero-order valence-electron chi connectivity index (χ0n) is 29.9. The van der Waals surface area contributed by atoms with E-state index in [1.807, 2.05) is 11.3 Å². The van der Waals surface area contributed by atoms with E-state index >= 15 is 0 Å². The predicted molar refractivity (Wildman–Crippen MR) is 240 cm³/mol. The van der Waals surface area contributed by atoms with Gasteiger partial charge in [0.1, 0.15) is 0 Å². The maximum Gasteiger partial charge on any atom is 0.0440 e. The van der Waals surface area contributed by atoms with E-state index in [2.05, 4.69) is 194 Å². The molecule has 0 aliphatic rings. The average molecular weight is 713 g/mol. The number of hydrogen-bond acceptors (Lipinski definition) is 1. The van der Waals surface area contributed by atoms with Crippen LogP contribution in [0.25, 0.3) is 119 Å². The second-order valence-electron chi connectivity index (χ2n) is 14.9. The molecule has 0 saturated heterocycles. The van der Waals surface area contributed by atoms with Gasteiger partial charge in [-0.05, 0) is 124 Å². The molecule has 1 heterocycles. The Labute approximate surface area is 322 Å². The van der Waals surface area contributed by atoms with E-state index in [9.17, 15) is 0 Å². The minimum atomic E-state index is 1.24. The van der Waals surface area contributed by atoms with Gasteiger partial charge in [0.05, 0.1) is 0 Å². The highest BCUT2D eigenvalue weighted by Gasteiger charge is 2.24. The molecule has 0 fully saturated rings. The van der Waals surface area contributed by atoms with E-state index in [1.54, 1.807) is 0 Å². The van der Waals surface area contributed by atoms with Crippen molar-refractivity contribution in [1.29, 1.82) is 0 Å². The third-order valence-corrected chi connectivity index (χ3v) is 13.0. The van der Waals surface area contributed by atoms with Crippen LogP contribution >= 0.6 is 11.3 Å². The molecule has 12 aromatic rings. The fraction of sp³-hybridized carbons (Fsp3) is 0. The molecule has 0 saturated carbocycles. The molecule has 0 bridgehead atoms. The minimum Gasteiger partial charge on any atom is -0.134 e. The number of fused-ring (bicyclic) bond motifs is 4. The Balaban J connectivity index is 1.23. The molecule has 0 amide bonds. The molecule has 0 aliphatic heterocycles. The van der Waals surface area contributed by atoms with E-state index in [-0.39, 0.29) is 0 Å². The monoisotopic (exact) mass is 712 g/mol. The molecule has 1 aromatic heterocycles. The maximum absolute atomic E-state index is 2.47. The van der Waals surface area contributed by atoms with E-state index in [4.69, 9.17) is 0 Å². The van der Waals surface area contributed by atoms with E-state index in [0.717, 1.165) is 0 Å². The van der Waals surface area contributed by atoms with Gasteiger partial charge in [-0.3, -0.25) is 0 Å². The summed E-state index contributed by atoms with van der Waals surface area (Å²) < 4.78 is 2.68. The highest BCUT2D eigenvalue weighted by Crippen LogP contribution is 2.53. The smallest absolute Gasteiger partial charge is 0.0440 e. The van der Waals surface area contributed by atoms with Gasteiger partial charge in [0, 0.05) is 31.3 Å². The zero-order chi connectivity index (χ0) is 36.0. The van der Waals surface area contributed by atoms with Crippen molar-refractivity contribution in [3.05, 3.63) is 194 Å². The van der Waals surface area contributed by atoms with Crippen LogP contribution in [0.4, 0.5) is 0 Å². The molecular formula is C54H32S. The summed E-state index contributed by atoms with van der Waals surface area (Å²) >= 11 is 1.96. The molecule has 0 atom stereocenters. The minimum absolute atomic E-state index is 1.24. The highest BCUT2D eigenvalue weighted by atomic mass is 32.1. The molecule has 55 heavy (non-hydrogen) atoms. The van der Waals surface area contributed by atoms with Crippen molar-refractivity contribution in [1.82, 2.24) is 0 Å². The largest absolute Gasteiger partial charge is 0.134 e. The van der Waals surface area contributed by atoms with Crippen LogP contribution in [0, 0.1) is 0 Å². The highest BCUT2D eigenvalue weighted by molar-refractivity contribution is 7.27. The normalized spacial score (nSPS) is 12.0. The van der Waals surface area contributed by atoms with Crippen LogP contribution in [0.3, 0.4) is 0 Å². The molecule has 0 unspecified atom stereocenters. The molecule has 254 valence electrons. The Morgan fingerprint density at radius 3 is 0.855 bits per heavy atom. The Morgan fingerprint density at radius 1 is 0.236 bits per heavy atom. The quantitative estimate of drug-likeness (QED) is 0.159. The Kier molecular flexibility index (Phi) is 6.60. The van der Waals surface area contributed by atoms with Crippen LogP contribution in [-0.2, 0) is 0 Å². The number of hydrogen-bond donors (Lipinski definition) is 0. The van der Waals surface area contributed by atoms with Gasteiger partial charge in [0.2, 0.25) is 0 Å². The Hall–Kier alpha value is -6.80. The molecule has 0 aliphatic carbocycles. The average Bonchev–Trinajstić information content (AvgIpc) is 3.66. The lowest BCUT2D eigenvalue weighted by atomic mass is 9.86. The molecule has 1 heteroatoms. The maximum atomic E-state index is 2.47. The van der Waals surface area contributed by atoms with Crippen LogP contribution in [0.5, 0.6) is 0 Å². The summed E-state index contributed by atoms with van der Waals surface area (Å²) in [5.74, 6) is 0. The lowest BCUT2D eigenvalue weighted by molar-refractivity contribution is 1.67. The molecule has 0 N–H and O–H groups in total. The summed E-state index contributed by atoms with van der Waals surface area (Å²) in [6.07, 6.45) is 0. The fourth-order valence-electron chi connectivity index (χ4n) is 9.02. The third kappa shape index (κ3) is 4.77. The van der Waals surface area contributed by atoms with Gasteiger partial charge < -0.3 is 0 Å². The number of benzene rings is 11. The number of rotatable bonds is 4. The van der Waals surface area contributed by atoms with Crippen LogP contribution in [0.15, 0.2) is 194 Å². The van der Waals surface area contributed by atoms with Gasteiger partial charge in [-0.1, -0.05) is 158 Å². The van der Waals surface area contributed by atoms with Crippen LogP contribution in [-0.4, -0.2) is 0 Å². The predicted octanol–water partition coefficient (Wildman–Crippen LogP) is 15.9. The molecule has 0 radical (unpaired) electrons. The van der Waals surface area contributed by atoms with Crippen molar-refractivity contribution < 1.29 is 0 Å². The first kappa shape index (κ1) is 30.6. The van der Waals surface area contributed by atoms with Crippen molar-refractivity contribution >= 4 is 85.4 Å². The molecular weight excluding hydrogens is 681 g/mol. The van der Waals surface area contributed by atoms with Crippen molar-refractivity contribution in [2.24, 2.45) is 0 Å².